The molecular weight excluding hydrogens is 762 g/mol. The van der Waals surface area contributed by atoms with Crippen LogP contribution >= 0.6 is 56.1 Å². The van der Waals surface area contributed by atoms with E-state index in [2.05, 4.69) is 24.3 Å². The Morgan fingerprint density at radius 3 is 1.63 bits per heavy atom. The van der Waals surface area contributed by atoms with E-state index in [1.54, 1.807) is 48.5 Å². The Hall–Kier alpha value is -3.35. The molecule has 0 saturated carbocycles. The maximum atomic E-state index is 13.1. The van der Waals surface area contributed by atoms with Crippen LogP contribution in [0.4, 0.5) is 0 Å². The van der Waals surface area contributed by atoms with Crippen molar-refractivity contribution in [3.63, 3.8) is 0 Å². The molecule has 8 heteroatoms. The van der Waals surface area contributed by atoms with Gasteiger partial charge in [-0.15, -0.1) is 0 Å². The number of halogens is 2. The van der Waals surface area contributed by atoms with Gasteiger partial charge in [0.2, 0.25) is 0 Å². The Labute approximate surface area is 268 Å². The zero-order chi connectivity index (χ0) is 28.8. The summed E-state index contributed by atoms with van der Waals surface area (Å²) in [5.41, 5.74) is 0.970. The maximum Gasteiger partial charge on any atom is 0.344 e. The zero-order valence-corrected chi connectivity index (χ0v) is 26.7. The number of rotatable bonds is 8. The molecule has 0 aromatic heterocycles. The molecule has 0 heterocycles. The highest BCUT2D eigenvalue weighted by molar-refractivity contribution is 14.1. The summed E-state index contributed by atoms with van der Waals surface area (Å²) in [4.78, 5) is 29.7. The van der Waals surface area contributed by atoms with Crippen LogP contribution in [-0.2, 0) is 11.3 Å². The molecule has 0 radical (unpaired) electrons. The first-order chi connectivity index (χ1) is 19.9. The normalized spacial score (nSPS) is 11.0. The molecule has 5 aromatic rings. The van der Waals surface area contributed by atoms with Crippen molar-refractivity contribution in [1.29, 1.82) is 0 Å². The summed E-state index contributed by atoms with van der Waals surface area (Å²) in [5.74, 6) is -0.708. The van der Waals surface area contributed by atoms with Crippen molar-refractivity contribution in [2.45, 2.75) is 21.3 Å². The predicted octanol–water partition coefficient (Wildman–Crippen LogP) is 8.66. The molecule has 5 aromatic carbocycles. The molecule has 0 amide bonds. The number of thiol groups is 1. The van der Waals surface area contributed by atoms with E-state index in [1.807, 2.05) is 93.7 Å². The highest BCUT2D eigenvalue weighted by Crippen LogP contribution is 2.51. The first-order valence-corrected chi connectivity index (χ1v) is 16.1. The second-order valence-electron chi connectivity index (χ2n) is 8.92. The first kappa shape index (κ1) is 29.2. The number of phenols is 1. The van der Waals surface area contributed by atoms with Gasteiger partial charge in [0.05, 0.1) is 18.3 Å². The van der Waals surface area contributed by atoms with Gasteiger partial charge in [0, 0.05) is 0 Å². The fraction of sp³-hybridized carbons (Fsp3) is 0.0303. The molecule has 0 spiro atoms. The number of aromatic hydroxyl groups is 1. The highest BCUT2D eigenvalue weighted by atomic mass is 127. The van der Waals surface area contributed by atoms with Crippen LogP contribution in [0.2, 0.25) is 0 Å². The number of hydrogen-bond donors (Lipinski definition) is 2. The second-order valence-corrected chi connectivity index (χ2v) is 13.5. The van der Waals surface area contributed by atoms with Crippen LogP contribution in [0.15, 0.2) is 136 Å². The summed E-state index contributed by atoms with van der Waals surface area (Å²) in [6, 6.07) is 38.1. The minimum atomic E-state index is -0.783. The maximum absolute atomic E-state index is 13.1. The summed E-state index contributed by atoms with van der Waals surface area (Å²) in [7, 11) is -0.783. The minimum absolute atomic E-state index is 0.00176. The van der Waals surface area contributed by atoms with Gasteiger partial charge >= 0.3 is 11.9 Å². The van der Waals surface area contributed by atoms with Gasteiger partial charge in [-0.1, -0.05) is 48.5 Å². The first-order valence-electron chi connectivity index (χ1n) is 12.6. The van der Waals surface area contributed by atoms with E-state index in [0.717, 1.165) is 10.5 Å². The Kier molecular flexibility index (Phi) is 9.63. The van der Waals surface area contributed by atoms with Crippen molar-refractivity contribution in [1.82, 2.24) is 0 Å². The van der Waals surface area contributed by atoms with Crippen LogP contribution in [-0.4, -0.2) is 17.0 Å². The van der Waals surface area contributed by atoms with Crippen LogP contribution in [0.1, 0.15) is 26.3 Å². The number of ether oxygens (including phenoxy) is 2. The molecule has 0 unspecified atom stereocenters. The standard InChI is InChI=1S/C33H24I2O5S/c34-29-19-22(20-30(35)31(29)36)21-39-32(37)27-13-7-8-14-28(27)33(38)40-23-15-17-26(18-16-23)41(24-9-3-1-4-10-24)25-11-5-2-6-12-25/h1-20,36,41H,21H2. The molecule has 5 rings (SSSR count). The molecule has 0 bridgehead atoms. The number of carbonyl (C=O) groups is 2. The van der Waals surface area contributed by atoms with Crippen LogP contribution in [0.5, 0.6) is 11.5 Å². The SMILES string of the molecule is O=C(OCc1cc(I)c(O)c(I)c1)c1ccccc1C(=O)Oc1ccc([SH](c2ccccc2)c2ccccc2)cc1. The molecule has 206 valence electrons. The van der Waals surface area contributed by atoms with Gasteiger partial charge in [-0.2, -0.15) is 10.9 Å². The Morgan fingerprint density at radius 1 is 0.634 bits per heavy atom. The smallest absolute Gasteiger partial charge is 0.344 e. The van der Waals surface area contributed by atoms with Crippen molar-refractivity contribution < 1.29 is 24.2 Å². The van der Waals surface area contributed by atoms with E-state index in [9.17, 15) is 14.7 Å². The molecule has 0 fully saturated rings. The molecule has 0 atom stereocenters. The molecule has 1 N–H and O–H groups in total. The van der Waals surface area contributed by atoms with Gasteiger partial charge in [-0.25, -0.2) is 9.59 Å². The quantitative estimate of drug-likeness (QED) is 0.0714. The monoisotopic (exact) mass is 786 g/mol. The van der Waals surface area contributed by atoms with E-state index >= 15 is 0 Å². The zero-order valence-electron chi connectivity index (χ0n) is 21.5. The number of hydrogen-bond acceptors (Lipinski definition) is 5. The molecule has 5 nitrogen and oxygen atoms in total. The van der Waals surface area contributed by atoms with Crippen LogP contribution in [0.25, 0.3) is 0 Å². The van der Waals surface area contributed by atoms with E-state index < -0.39 is 22.8 Å². The third-order valence-corrected chi connectivity index (χ3v) is 10.2. The van der Waals surface area contributed by atoms with Gasteiger partial charge in [0.1, 0.15) is 18.1 Å². The van der Waals surface area contributed by atoms with Gasteiger partial charge in [-0.3, -0.25) is 0 Å². The lowest BCUT2D eigenvalue weighted by Gasteiger charge is -2.23. The summed E-state index contributed by atoms with van der Waals surface area (Å²) in [5, 5.41) is 9.98. The van der Waals surface area contributed by atoms with Crippen LogP contribution in [0, 0.1) is 7.14 Å². The minimum Gasteiger partial charge on any atom is -0.506 e. The Balaban J connectivity index is 1.31. The van der Waals surface area contributed by atoms with Gasteiger partial charge in [0.25, 0.3) is 0 Å². The average molecular weight is 786 g/mol. The van der Waals surface area contributed by atoms with E-state index in [1.165, 1.54) is 9.79 Å². The lowest BCUT2D eigenvalue weighted by Crippen LogP contribution is -2.16. The lowest BCUT2D eigenvalue weighted by molar-refractivity contribution is 0.0465. The molecule has 0 aliphatic carbocycles. The van der Waals surface area contributed by atoms with Crippen molar-refractivity contribution in [3.05, 3.63) is 145 Å². The molecule has 0 saturated heterocycles. The fourth-order valence-electron chi connectivity index (χ4n) is 4.19. The summed E-state index contributed by atoms with van der Waals surface area (Å²) >= 11 is 4.05. The summed E-state index contributed by atoms with van der Waals surface area (Å²) in [6.45, 7) is 0.00176. The third kappa shape index (κ3) is 7.11. The fourth-order valence-corrected chi connectivity index (χ4v) is 8.37. The molecule has 41 heavy (non-hydrogen) atoms. The number of carbonyl (C=O) groups excluding carboxylic acids is 2. The summed E-state index contributed by atoms with van der Waals surface area (Å²) in [6.07, 6.45) is 0. The molecular formula is C33H24I2O5S. The Morgan fingerprint density at radius 2 is 1.10 bits per heavy atom. The van der Waals surface area contributed by atoms with E-state index in [4.69, 9.17) is 9.47 Å². The van der Waals surface area contributed by atoms with Crippen molar-refractivity contribution >= 4 is 68.0 Å². The lowest BCUT2D eigenvalue weighted by atomic mass is 10.1. The summed E-state index contributed by atoms with van der Waals surface area (Å²) < 4.78 is 12.5. The van der Waals surface area contributed by atoms with Gasteiger partial charge in [0.15, 0.2) is 0 Å². The number of phenolic OH excluding ortho intramolecular Hbond substituents is 1. The van der Waals surface area contributed by atoms with Crippen molar-refractivity contribution in [3.8, 4) is 11.5 Å². The topological polar surface area (TPSA) is 72.8 Å². The van der Waals surface area contributed by atoms with Crippen LogP contribution < -0.4 is 4.74 Å². The largest absolute Gasteiger partial charge is 0.506 e. The van der Waals surface area contributed by atoms with Crippen molar-refractivity contribution in [2.24, 2.45) is 0 Å². The molecule has 0 aliphatic heterocycles. The van der Waals surface area contributed by atoms with Crippen LogP contribution in [0.3, 0.4) is 0 Å². The average Bonchev–Trinajstić information content (AvgIpc) is 3.00. The number of esters is 2. The predicted molar refractivity (Wildman–Crippen MR) is 177 cm³/mol. The van der Waals surface area contributed by atoms with E-state index in [-0.39, 0.29) is 23.5 Å². The third-order valence-electron chi connectivity index (χ3n) is 6.15. The van der Waals surface area contributed by atoms with Gasteiger partial charge < -0.3 is 14.6 Å². The van der Waals surface area contributed by atoms with Crippen molar-refractivity contribution in [2.75, 3.05) is 0 Å². The second kappa shape index (κ2) is 13.5. The molecule has 0 aliphatic rings. The highest BCUT2D eigenvalue weighted by Gasteiger charge is 2.20. The van der Waals surface area contributed by atoms with Gasteiger partial charge in [-0.05, 0) is 138 Å². The Bertz CT molecular complexity index is 1610. The van der Waals surface area contributed by atoms with E-state index in [0.29, 0.717) is 12.9 Å². The number of benzene rings is 5.